The van der Waals surface area contributed by atoms with E-state index in [0.717, 1.165) is 25.8 Å². The Morgan fingerprint density at radius 3 is 3.26 bits per heavy atom. The Bertz CT molecular complexity index is 428. The number of aromatic nitrogens is 2. The molecule has 0 radical (unpaired) electrons. The summed E-state index contributed by atoms with van der Waals surface area (Å²) in [6, 6.07) is 0.389. The number of hydrogen-bond donors (Lipinski definition) is 1. The van der Waals surface area contributed by atoms with E-state index in [2.05, 4.69) is 10.4 Å². The standard InChI is InChI=1S/C14H23N3O2/c1-3-19-14(18)8-5-9-15-12-6-4-7-13-11(12)10-16-17(13)2/h10,12,15H,3-9H2,1-2H3. The molecule has 0 bridgehead atoms. The minimum absolute atomic E-state index is 0.102. The van der Waals surface area contributed by atoms with Gasteiger partial charge in [-0.3, -0.25) is 9.48 Å². The number of ether oxygens (including phenoxy) is 1. The van der Waals surface area contributed by atoms with Crippen molar-refractivity contribution in [2.45, 2.75) is 45.1 Å². The number of aryl methyl sites for hydroxylation is 1. The third-order valence-electron chi connectivity index (χ3n) is 3.63. The zero-order chi connectivity index (χ0) is 13.7. The predicted octanol–water partition coefficient (Wildman–Crippen LogP) is 1.73. The number of rotatable bonds is 6. The normalized spacial score (nSPS) is 18.1. The van der Waals surface area contributed by atoms with Crippen molar-refractivity contribution in [2.75, 3.05) is 13.2 Å². The van der Waals surface area contributed by atoms with Crippen LogP contribution in [0, 0.1) is 0 Å². The number of nitrogens with one attached hydrogen (secondary N) is 1. The molecule has 106 valence electrons. The third kappa shape index (κ3) is 3.56. The Hall–Kier alpha value is -1.36. The average Bonchev–Trinajstić information content (AvgIpc) is 2.78. The Morgan fingerprint density at radius 2 is 2.47 bits per heavy atom. The van der Waals surface area contributed by atoms with Gasteiger partial charge in [-0.2, -0.15) is 5.10 Å². The van der Waals surface area contributed by atoms with Crippen molar-refractivity contribution in [3.63, 3.8) is 0 Å². The first-order valence-corrected chi connectivity index (χ1v) is 7.12. The van der Waals surface area contributed by atoms with Crippen molar-refractivity contribution in [3.05, 3.63) is 17.5 Å². The van der Waals surface area contributed by atoms with Crippen LogP contribution in [0.2, 0.25) is 0 Å². The van der Waals surface area contributed by atoms with Crippen molar-refractivity contribution < 1.29 is 9.53 Å². The summed E-state index contributed by atoms with van der Waals surface area (Å²) in [7, 11) is 2.00. The van der Waals surface area contributed by atoms with Crippen molar-refractivity contribution in [3.8, 4) is 0 Å². The fourth-order valence-electron chi connectivity index (χ4n) is 2.66. The summed E-state index contributed by atoms with van der Waals surface area (Å²) in [5.41, 5.74) is 2.67. The van der Waals surface area contributed by atoms with E-state index in [9.17, 15) is 4.79 Å². The summed E-state index contributed by atoms with van der Waals surface area (Å²) in [5, 5.41) is 7.86. The first kappa shape index (κ1) is 14.1. The maximum absolute atomic E-state index is 11.2. The third-order valence-corrected chi connectivity index (χ3v) is 3.63. The summed E-state index contributed by atoms with van der Waals surface area (Å²) >= 11 is 0. The smallest absolute Gasteiger partial charge is 0.305 e. The van der Waals surface area contributed by atoms with Gasteiger partial charge in [-0.25, -0.2) is 0 Å². The zero-order valence-corrected chi connectivity index (χ0v) is 11.8. The molecule has 1 aromatic heterocycles. The van der Waals surface area contributed by atoms with Crippen LogP contribution in [0.3, 0.4) is 0 Å². The molecule has 1 aliphatic rings. The molecule has 0 saturated heterocycles. The fraction of sp³-hybridized carbons (Fsp3) is 0.714. The molecule has 0 aliphatic heterocycles. The van der Waals surface area contributed by atoms with Crippen LogP contribution in [-0.2, 0) is 23.0 Å². The monoisotopic (exact) mass is 265 g/mol. The summed E-state index contributed by atoms with van der Waals surface area (Å²) < 4.78 is 6.89. The van der Waals surface area contributed by atoms with E-state index < -0.39 is 0 Å². The molecule has 1 atom stereocenters. The highest BCUT2D eigenvalue weighted by Gasteiger charge is 2.22. The number of hydrogen-bond acceptors (Lipinski definition) is 4. The van der Waals surface area contributed by atoms with Gasteiger partial charge in [-0.15, -0.1) is 0 Å². The molecular weight excluding hydrogens is 242 g/mol. The average molecular weight is 265 g/mol. The summed E-state index contributed by atoms with van der Waals surface area (Å²) in [6.07, 6.45) is 6.75. The molecule has 5 heteroatoms. The summed E-state index contributed by atoms with van der Waals surface area (Å²) in [4.78, 5) is 11.2. The first-order chi connectivity index (χ1) is 9.22. The van der Waals surface area contributed by atoms with Gasteiger partial charge in [0.25, 0.3) is 0 Å². The molecule has 1 aromatic rings. The SMILES string of the molecule is CCOC(=O)CCCNC1CCCc2c1cnn2C. The van der Waals surface area contributed by atoms with Gasteiger partial charge in [0.2, 0.25) is 0 Å². The van der Waals surface area contributed by atoms with Gasteiger partial charge in [-0.05, 0) is 39.2 Å². The lowest BCUT2D eigenvalue weighted by Crippen LogP contribution is -2.26. The van der Waals surface area contributed by atoms with Crippen molar-refractivity contribution in [1.82, 2.24) is 15.1 Å². The fourth-order valence-corrected chi connectivity index (χ4v) is 2.66. The van der Waals surface area contributed by atoms with Gasteiger partial charge < -0.3 is 10.1 Å². The minimum atomic E-state index is -0.102. The van der Waals surface area contributed by atoms with Crippen molar-refractivity contribution in [2.24, 2.45) is 7.05 Å². The molecule has 1 N–H and O–H groups in total. The van der Waals surface area contributed by atoms with Gasteiger partial charge in [0, 0.05) is 30.8 Å². The minimum Gasteiger partial charge on any atom is -0.466 e. The van der Waals surface area contributed by atoms with E-state index in [1.807, 2.05) is 24.9 Å². The molecule has 0 fully saturated rings. The number of fused-ring (bicyclic) bond motifs is 1. The van der Waals surface area contributed by atoms with E-state index in [-0.39, 0.29) is 5.97 Å². The number of carbonyl (C=O) groups is 1. The molecule has 1 unspecified atom stereocenters. The Balaban J connectivity index is 1.77. The highest BCUT2D eigenvalue weighted by molar-refractivity contribution is 5.69. The molecule has 5 nitrogen and oxygen atoms in total. The highest BCUT2D eigenvalue weighted by atomic mass is 16.5. The lowest BCUT2D eigenvalue weighted by Gasteiger charge is -2.23. The van der Waals surface area contributed by atoms with Crippen LogP contribution in [0.25, 0.3) is 0 Å². The second kappa shape index (κ2) is 6.70. The largest absolute Gasteiger partial charge is 0.466 e. The number of esters is 1. The van der Waals surface area contributed by atoms with Crippen LogP contribution < -0.4 is 5.32 Å². The number of carbonyl (C=O) groups excluding carboxylic acids is 1. The van der Waals surface area contributed by atoms with Gasteiger partial charge in [0.1, 0.15) is 0 Å². The Morgan fingerprint density at radius 1 is 1.63 bits per heavy atom. The molecule has 0 saturated carbocycles. The van der Waals surface area contributed by atoms with Crippen molar-refractivity contribution >= 4 is 5.97 Å². The molecule has 0 spiro atoms. The highest BCUT2D eigenvalue weighted by Crippen LogP contribution is 2.28. The topological polar surface area (TPSA) is 56.1 Å². The van der Waals surface area contributed by atoms with Crippen molar-refractivity contribution in [1.29, 1.82) is 0 Å². The lowest BCUT2D eigenvalue weighted by molar-refractivity contribution is -0.143. The molecule has 1 aliphatic carbocycles. The second-order valence-electron chi connectivity index (χ2n) is 4.98. The molecule has 1 heterocycles. The molecule has 19 heavy (non-hydrogen) atoms. The van der Waals surface area contributed by atoms with E-state index in [4.69, 9.17) is 4.74 Å². The predicted molar refractivity (Wildman–Crippen MR) is 72.8 cm³/mol. The lowest BCUT2D eigenvalue weighted by atomic mass is 9.93. The first-order valence-electron chi connectivity index (χ1n) is 7.12. The Kier molecular flexibility index (Phi) is 4.96. The van der Waals surface area contributed by atoms with E-state index in [1.54, 1.807) is 0 Å². The molecule has 2 rings (SSSR count). The maximum atomic E-state index is 11.2. The zero-order valence-electron chi connectivity index (χ0n) is 11.8. The van der Waals surface area contributed by atoms with Crippen LogP contribution in [0.4, 0.5) is 0 Å². The van der Waals surface area contributed by atoms with Crippen LogP contribution in [0.1, 0.15) is 49.9 Å². The van der Waals surface area contributed by atoms with E-state index in [0.29, 0.717) is 19.1 Å². The van der Waals surface area contributed by atoms with Gasteiger partial charge in [-0.1, -0.05) is 0 Å². The van der Waals surface area contributed by atoms with E-state index in [1.165, 1.54) is 17.7 Å². The molecular formula is C14H23N3O2. The van der Waals surface area contributed by atoms with Gasteiger partial charge in [0.05, 0.1) is 12.8 Å². The van der Waals surface area contributed by atoms with Gasteiger partial charge in [0.15, 0.2) is 0 Å². The van der Waals surface area contributed by atoms with Crippen LogP contribution >= 0.6 is 0 Å². The molecule has 0 amide bonds. The summed E-state index contributed by atoms with van der Waals surface area (Å²) in [5.74, 6) is -0.102. The summed E-state index contributed by atoms with van der Waals surface area (Å²) in [6.45, 7) is 3.15. The van der Waals surface area contributed by atoms with E-state index >= 15 is 0 Å². The van der Waals surface area contributed by atoms with Crippen LogP contribution in [0.5, 0.6) is 0 Å². The molecule has 0 aromatic carbocycles. The second-order valence-corrected chi connectivity index (χ2v) is 4.98. The van der Waals surface area contributed by atoms with Crippen LogP contribution in [-0.4, -0.2) is 28.9 Å². The quantitative estimate of drug-likeness (QED) is 0.628. The number of nitrogens with zero attached hydrogens (tertiary/aromatic N) is 2. The van der Waals surface area contributed by atoms with Crippen LogP contribution in [0.15, 0.2) is 6.20 Å². The maximum Gasteiger partial charge on any atom is 0.305 e. The Labute approximate surface area is 114 Å². The van der Waals surface area contributed by atoms with Gasteiger partial charge >= 0.3 is 5.97 Å².